The first-order valence-electron chi connectivity index (χ1n) is 7.11. The summed E-state index contributed by atoms with van der Waals surface area (Å²) in [6.07, 6.45) is 2.02. The van der Waals surface area contributed by atoms with Gasteiger partial charge >= 0.3 is 0 Å². The predicted octanol–water partition coefficient (Wildman–Crippen LogP) is 3.26. The summed E-state index contributed by atoms with van der Waals surface area (Å²) in [6.45, 7) is 3.42. The van der Waals surface area contributed by atoms with E-state index in [1.165, 1.54) is 0 Å². The van der Waals surface area contributed by atoms with Gasteiger partial charge in [0.15, 0.2) is 0 Å². The molecule has 0 spiro atoms. The molecule has 1 fully saturated rings. The summed E-state index contributed by atoms with van der Waals surface area (Å²) in [6, 6.07) is 13.2. The molecule has 2 aromatic rings. The molecule has 0 N–H and O–H groups in total. The van der Waals surface area contributed by atoms with E-state index in [4.69, 9.17) is 0 Å². The Labute approximate surface area is 120 Å². The van der Waals surface area contributed by atoms with Crippen molar-refractivity contribution in [2.24, 2.45) is 5.92 Å². The molecule has 1 atom stereocenters. The van der Waals surface area contributed by atoms with Crippen molar-refractivity contribution >= 4 is 20.8 Å². The lowest BCUT2D eigenvalue weighted by Crippen LogP contribution is -2.29. The summed E-state index contributed by atoms with van der Waals surface area (Å²) in [5.41, 5.74) is 0. The number of fused-ring (bicyclic) bond motifs is 1. The van der Waals surface area contributed by atoms with Crippen molar-refractivity contribution in [2.45, 2.75) is 24.7 Å². The maximum atomic E-state index is 12.8. The standard InChI is InChI=1S/C16H19NO2S/c1-2-13-10-11-17(12-13)20(18,19)16-9-5-7-14-6-3-4-8-15(14)16/h3-9,13H,2,10-12H2,1H3. The second kappa shape index (κ2) is 5.19. The molecule has 106 valence electrons. The van der Waals surface area contributed by atoms with Crippen LogP contribution in [-0.2, 0) is 10.0 Å². The van der Waals surface area contributed by atoms with E-state index in [2.05, 4.69) is 6.92 Å². The molecular weight excluding hydrogens is 270 g/mol. The molecule has 0 bridgehead atoms. The van der Waals surface area contributed by atoms with Crippen LogP contribution in [0, 0.1) is 5.92 Å². The van der Waals surface area contributed by atoms with E-state index in [0.717, 1.165) is 23.6 Å². The van der Waals surface area contributed by atoms with Gasteiger partial charge in [0.25, 0.3) is 0 Å². The lowest BCUT2D eigenvalue weighted by molar-refractivity contribution is 0.453. The van der Waals surface area contributed by atoms with Crippen molar-refractivity contribution in [3.63, 3.8) is 0 Å². The maximum Gasteiger partial charge on any atom is 0.243 e. The average molecular weight is 289 g/mol. The number of nitrogens with zero attached hydrogens (tertiary/aromatic N) is 1. The quantitative estimate of drug-likeness (QED) is 0.869. The molecule has 1 heterocycles. The minimum atomic E-state index is -3.37. The summed E-state index contributed by atoms with van der Waals surface area (Å²) >= 11 is 0. The lowest BCUT2D eigenvalue weighted by atomic mass is 10.1. The molecule has 1 aliphatic heterocycles. The van der Waals surface area contributed by atoms with Gasteiger partial charge in [0.2, 0.25) is 10.0 Å². The van der Waals surface area contributed by atoms with Gasteiger partial charge in [-0.25, -0.2) is 8.42 Å². The molecule has 3 rings (SSSR count). The van der Waals surface area contributed by atoms with Gasteiger partial charge in [0.05, 0.1) is 4.90 Å². The molecule has 4 heteroatoms. The molecule has 3 nitrogen and oxygen atoms in total. The minimum absolute atomic E-state index is 0.437. The van der Waals surface area contributed by atoms with Gasteiger partial charge in [0.1, 0.15) is 0 Å². The zero-order chi connectivity index (χ0) is 14.2. The van der Waals surface area contributed by atoms with Crippen molar-refractivity contribution in [3.8, 4) is 0 Å². The monoisotopic (exact) mass is 289 g/mol. The van der Waals surface area contributed by atoms with Crippen LogP contribution in [0.3, 0.4) is 0 Å². The van der Waals surface area contributed by atoms with Crippen LogP contribution >= 0.6 is 0 Å². The first-order chi connectivity index (χ1) is 9.63. The normalized spacial score (nSPS) is 20.6. The molecular formula is C16H19NO2S. The first-order valence-corrected chi connectivity index (χ1v) is 8.55. The zero-order valence-corrected chi connectivity index (χ0v) is 12.4. The summed E-state index contributed by atoms with van der Waals surface area (Å²) in [7, 11) is -3.37. The predicted molar refractivity (Wildman–Crippen MR) is 81.1 cm³/mol. The van der Waals surface area contributed by atoms with Crippen LogP contribution in [0.5, 0.6) is 0 Å². The summed E-state index contributed by atoms with van der Waals surface area (Å²) < 4.78 is 27.3. The fourth-order valence-electron chi connectivity index (χ4n) is 2.91. The van der Waals surface area contributed by atoms with E-state index in [1.54, 1.807) is 10.4 Å². The second-order valence-corrected chi connectivity index (χ2v) is 7.31. The van der Waals surface area contributed by atoms with Crippen LogP contribution < -0.4 is 0 Å². The SMILES string of the molecule is CCC1CCN(S(=O)(=O)c2cccc3ccccc23)C1. The van der Waals surface area contributed by atoms with Crippen LogP contribution in [0.1, 0.15) is 19.8 Å². The number of sulfonamides is 1. The van der Waals surface area contributed by atoms with Gasteiger partial charge < -0.3 is 0 Å². The molecule has 1 aliphatic rings. The number of hydrogen-bond donors (Lipinski definition) is 0. The highest BCUT2D eigenvalue weighted by atomic mass is 32.2. The third-order valence-electron chi connectivity index (χ3n) is 4.19. The lowest BCUT2D eigenvalue weighted by Gasteiger charge is -2.17. The minimum Gasteiger partial charge on any atom is -0.207 e. The summed E-state index contributed by atoms with van der Waals surface area (Å²) in [4.78, 5) is 0.437. The highest BCUT2D eigenvalue weighted by Gasteiger charge is 2.32. The van der Waals surface area contributed by atoms with Gasteiger partial charge in [-0.3, -0.25) is 0 Å². The Hall–Kier alpha value is -1.39. The molecule has 0 amide bonds. The number of benzene rings is 2. The molecule has 20 heavy (non-hydrogen) atoms. The fourth-order valence-corrected chi connectivity index (χ4v) is 4.65. The van der Waals surface area contributed by atoms with Gasteiger partial charge in [-0.15, -0.1) is 0 Å². The molecule has 0 aliphatic carbocycles. The number of hydrogen-bond acceptors (Lipinski definition) is 2. The summed E-state index contributed by atoms with van der Waals surface area (Å²) in [5.74, 6) is 0.500. The van der Waals surface area contributed by atoms with E-state index in [1.807, 2.05) is 36.4 Å². The van der Waals surface area contributed by atoms with Gasteiger partial charge in [-0.05, 0) is 23.8 Å². The third-order valence-corrected chi connectivity index (χ3v) is 6.12. The van der Waals surface area contributed by atoms with E-state index < -0.39 is 10.0 Å². The van der Waals surface area contributed by atoms with E-state index in [9.17, 15) is 8.42 Å². The molecule has 0 aromatic heterocycles. The van der Waals surface area contributed by atoms with Gasteiger partial charge in [-0.1, -0.05) is 49.7 Å². The molecule has 2 aromatic carbocycles. The maximum absolute atomic E-state index is 12.8. The third kappa shape index (κ3) is 2.23. The Balaban J connectivity index is 2.06. The topological polar surface area (TPSA) is 37.4 Å². The Bertz CT molecular complexity index is 719. The fraction of sp³-hybridized carbons (Fsp3) is 0.375. The van der Waals surface area contributed by atoms with Crippen LogP contribution in [0.25, 0.3) is 10.8 Å². The van der Waals surface area contributed by atoms with Crippen LogP contribution in [0.4, 0.5) is 0 Å². The van der Waals surface area contributed by atoms with Crippen LogP contribution in [-0.4, -0.2) is 25.8 Å². The Morgan fingerprint density at radius 3 is 2.65 bits per heavy atom. The zero-order valence-electron chi connectivity index (χ0n) is 11.6. The Morgan fingerprint density at radius 1 is 1.15 bits per heavy atom. The molecule has 0 saturated carbocycles. The van der Waals surface area contributed by atoms with Crippen LogP contribution in [0.2, 0.25) is 0 Å². The van der Waals surface area contributed by atoms with E-state index >= 15 is 0 Å². The smallest absolute Gasteiger partial charge is 0.207 e. The van der Waals surface area contributed by atoms with Crippen molar-refractivity contribution in [3.05, 3.63) is 42.5 Å². The molecule has 1 saturated heterocycles. The van der Waals surface area contributed by atoms with Crippen molar-refractivity contribution in [2.75, 3.05) is 13.1 Å². The highest BCUT2D eigenvalue weighted by Crippen LogP contribution is 2.30. The van der Waals surface area contributed by atoms with Crippen molar-refractivity contribution < 1.29 is 8.42 Å². The average Bonchev–Trinajstić information content (AvgIpc) is 2.96. The Kier molecular flexibility index (Phi) is 3.52. The second-order valence-electron chi connectivity index (χ2n) is 5.40. The highest BCUT2D eigenvalue weighted by molar-refractivity contribution is 7.89. The van der Waals surface area contributed by atoms with E-state index in [0.29, 0.717) is 23.9 Å². The largest absolute Gasteiger partial charge is 0.243 e. The Morgan fingerprint density at radius 2 is 1.90 bits per heavy atom. The summed E-state index contributed by atoms with van der Waals surface area (Å²) in [5, 5.41) is 1.79. The van der Waals surface area contributed by atoms with Crippen molar-refractivity contribution in [1.82, 2.24) is 4.31 Å². The molecule has 1 unspecified atom stereocenters. The van der Waals surface area contributed by atoms with E-state index in [-0.39, 0.29) is 0 Å². The van der Waals surface area contributed by atoms with Crippen molar-refractivity contribution in [1.29, 1.82) is 0 Å². The van der Waals surface area contributed by atoms with Gasteiger partial charge in [0, 0.05) is 18.5 Å². The first kappa shape index (κ1) is 13.6. The van der Waals surface area contributed by atoms with Crippen LogP contribution in [0.15, 0.2) is 47.4 Å². The molecule has 0 radical (unpaired) electrons. The number of rotatable bonds is 3. The van der Waals surface area contributed by atoms with Gasteiger partial charge in [-0.2, -0.15) is 4.31 Å².